The van der Waals surface area contributed by atoms with Crippen molar-refractivity contribution < 1.29 is 18.8 Å². The third-order valence-electron chi connectivity index (χ3n) is 3.45. The molecule has 3 rings (SSSR count). The zero-order valence-electron chi connectivity index (χ0n) is 13.4. The highest BCUT2D eigenvalue weighted by molar-refractivity contribution is 9.10. The molecule has 0 aliphatic rings. The van der Waals surface area contributed by atoms with Crippen LogP contribution in [0, 0.1) is 15.9 Å². The van der Waals surface area contributed by atoms with Crippen LogP contribution in [0.4, 0.5) is 10.1 Å². The smallest absolute Gasteiger partial charge is 0.272 e. The third-order valence-corrected chi connectivity index (χ3v) is 4.86. The number of rotatable bonds is 6. The first-order valence-corrected chi connectivity index (χ1v) is 9.00. The van der Waals surface area contributed by atoms with Gasteiger partial charge >= 0.3 is 0 Å². The van der Waals surface area contributed by atoms with Gasteiger partial charge in [-0.15, -0.1) is 11.3 Å². The second-order valence-electron chi connectivity index (χ2n) is 5.15. The summed E-state index contributed by atoms with van der Waals surface area (Å²) in [7, 11) is 1.59. The maximum Gasteiger partial charge on any atom is 0.272 e. The predicted octanol–water partition coefficient (Wildman–Crippen LogP) is 5.21. The Kier molecular flexibility index (Phi) is 5.48. The molecule has 0 bridgehead atoms. The van der Waals surface area contributed by atoms with E-state index in [2.05, 4.69) is 20.9 Å². The van der Waals surface area contributed by atoms with E-state index in [1.54, 1.807) is 12.5 Å². The molecule has 0 amide bonds. The highest BCUT2D eigenvalue weighted by Gasteiger charge is 2.14. The van der Waals surface area contributed by atoms with E-state index < -0.39 is 10.7 Å². The molecule has 0 saturated carbocycles. The summed E-state index contributed by atoms with van der Waals surface area (Å²) >= 11 is 4.83. The minimum atomic E-state index is -0.789. The highest BCUT2D eigenvalue weighted by Crippen LogP contribution is 2.34. The lowest BCUT2D eigenvalue weighted by Crippen LogP contribution is -1.99. The summed E-state index contributed by atoms with van der Waals surface area (Å²) < 4.78 is 25.5. The highest BCUT2D eigenvalue weighted by atomic mass is 79.9. The number of benzene rings is 2. The van der Waals surface area contributed by atoms with Crippen molar-refractivity contribution in [1.82, 2.24) is 4.98 Å². The lowest BCUT2D eigenvalue weighted by molar-refractivity contribution is -0.385. The molecule has 0 unspecified atom stereocenters. The van der Waals surface area contributed by atoms with E-state index in [0.717, 1.165) is 21.1 Å². The normalized spacial score (nSPS) is 10.6. The van der Waals surface area contributed by atoms with Crippen LogP contribution in [0.3, 0.4) is 0 Å². The molecule has 0 aliphatic carbocycles. The van der Waals surface area contributed by atoms with Gasteiger partial charge in [-0.05, 0) is 24.3 Å². The summed E-state index contributed by atoms with van der Waals surface area (Å²) in [6, 6.07) is 8.86. The summed E-state index contributed by atoms with van der Waals surface area (Å²) in [4.78, 5) is 14.5. The largest absolute Gasteiger partial charge is 0.496 e. The van der Waals surface area contributed by atoms with Crippen molar-refractivity contribution in [3.05, 3.63) is 67.9 Å². The van der Waals surface area contributed by atoms with Gasteiger partial charge in [-0.3, -0.25) is 10.1 Å². The zero-order valence-corrected chi connectivity index (χ0v) is 15.8. The second-order valence-corrected chi connectivity index (χ2v) is 6.92. The van der Waals surface area contributed by atoms with Gasteiger partial charge in [0.2, 0.25) is 0 Å². The molecule has 0 N–H and O–H groups in total. The molecule has 9 heteroatoms. The Morgan fingerprint density at radius 2 is 2.04 bits per heavy atom. The Bertz CT molecular complexity index is 964. The van der Waals surface area contributed by atoms with Crippen molar-refractivity contribution in [2.24, 2.45) is 0 Å². The van der Waals surface area contributed by atoms with Crippen LogP contribution < -0.4 is 9.47 Å². The lowest BCUT2D eigenvalue weighted by Gasteiger charge is -2.06. The first-order chi connectivity index (χ1) is 12.5. The molecule has 0 fully saturated rings. The van der Waals surface area contributed by atoms with Gasteiger partial charge in [-0.1, -0.05) is 15.9 Å². The summed E-state index contributed by atoms with van der Waals surface area (Å²) in [5.74, 6) is -0.162. The molecule has 2 aromatic carbocycles. The van der Waals surface area contributed by atoms with Crippen LogP contribution in [0.2, 0.25) is 0 Å². The van der Waals surface area contributed by atoms with E-state index in [9.17, 15) is 14.5 Å². The zero-order chi connectivity index (χ0) is 18.7. The number of non-ortho nitro benzene ring substituents is 1. The molecule has 1 heterocycles. The average Bonchev–Trinajstić information content (AvgIpc) is 3.09. The number of halogens is 2. The molecule has 0 saturated heterocycles. The molecule has 0 atom stereocenters. The Balaban J connectivity index is 1.76. The van der Waals surface area contributed by atoms with Crippen LogP contribution >= 0.6 is 27.3 Å². The maximum atomic E-state index is 13.9. The molecule has 134 valence electrons. The molecule has 26 heavy (non-hydrogen) atoms. The van der Waals surface area contributed by atoms with Crippen LogP contribution in [-0.2, 0) is 6.61 Å². The van der Waals surface area contributed by atoms with Crippen LogP contribution in [0.5, 0.6) is 11.5 Å². The maximum absolute atomic E-state index is 13.9. The number of aromatic nitrogens is 1. The van der Waals surface area contributed by atoms with Crippen molar-refractivity contribution in [2.45, 2.75) is 6.61 Å². The van der Waals surface area contributed by atoms with E-state index in [1.165, 1.54) is 23.5 Å². The van der Waals surface area contributed by atoms with Gasteiger partial charge in [0.15, 0.2) is 11.6 Å². The van der Waals surface area contributed by atoms with Gasteiger partial charge < -0.3 is 9.47 Å². The fourth-order valence-corrected chi connectivity index (χ4v) is 3.40. The van der Waals surface area contributed by atoms with E-state index in [1.807, 2.05) is 18.2 Å². The van der Waals surface area contributed by atoms with Crippen molar-refractivity contribution in [1.29, 1.82) is 0 Å². The topological polar surface area (TPSA) is 74.5 Å². The molecule has 1 aromatic heterocycles. The number of nitrogens with zero attached hydrogens (tertiary/aromatic N) is 2. The Morgan fingerprint density at radius 1 is 1.27 bits per heavy atom. The van der Waals surface area contributed by atoms with E-state index in [4.69, 9.17) is 9.47 Å². The second kappa shape index (κ2) is 7.79. The number of nitro benzene ring substituents is 1. The predicted molar refractivity (Wildman–Crippen MR) is 99.2 cm³/mol. The van der Waals surface area contributed by atoms with Gasteiger partial charge in [0.25, 0.3) is 5.69 Å². The van der Waals surface area contributed by atoms with Crippen LogP contribution in [0.25, 0.3) is 10.6 Å². The molecular weight excluding hydrogens is 427 g/mol. The minimum absolute atomic E-state index is 0.0432. The number of hydrogen-bond donors (Lipinski definition) is 0. The van der Waals surface area contributed by atoms with Gasteiger partial charge in [-0.2, -0.15) is 0 Å². The molecule has 3 aromatic rings. The summed E-state index contributed by atoms with van der Waals surface area (Å²) in [5.41, 5.74) is 1.12. The fraction of sp³-hybridized carbons (Fsp3) is 0.118. The molecule has 6 nitrogen and oxygen atoms in total. The number of ether oxygens (including phenoxy) is 2. The van der Waals surface area contributed by atoms with Crippen molar-refractivity contribution in [3.8, 4) is 22.1 Å². The Hall–Kier alpha value is -2.52. The summed E-state index contributed by atoms with van der Waals surface area (Å²) in [5, 5.41) is 13.2. The van der Waals surface area contributed by atoms with Gasteiger partial charge in [-0.25, -0.2) is 9.37 Å². The Morgan fingerprint density at radius 3 is 2.73 bits per heavy atom. The molecular formula is C17H12BrFN2O4S. The first kappa shape index (κ1) is 18.3. The minimum Gasteiger partial charge on any atom is -0.496 e. The summed E-state index contributed by atoms with van der Waals surface area (Å²) in [6.07, 6.45) is 0. The van der Waals surface area contributed by atoms with Crippen LogP contribution in [-0.4, -0.2) is 17.0 Å². The van der Waals surface area contributed by atoms with Crippen molar-refractivity contribution >= 4 is 33.0 Å². The average molecular weight is 439 g/mol. The number of hydrogen-bond acceptors (Lipinski definition) is 6. The lowest BCUT2D eigenvalue weighted by atomic mass is 10.2. The van der Waals surface area contributed by atoms with Crippen molar-refractivity contribution in [3.63, 3.8) is 0 Å². The van der Waals surface area contributed by atoms with Crippen molar-refractivity contribution in [2.75, 3.05) is 7.11 Å². The number of thiazole rings is 1. The van der Waals surface area contributed by atoms with Crippen LogP contribution in [0.15, 0.2) is 46.3 Å². The quantitative estimate of drug-likeness (QED) is 0.390. The number of methoxy groups -OCH3 is 1. The standard InChI is InChI=1S/C17H12BrFN2O4S/c1-24-15-4-2-10(18)6-13(15)17-20-11(9-26-17)8-25-16-5-3-12(21(22)23)7-14(16)19/h2-7,9H,8H2,1H3. The Labute approximate surface area is 160 Å². The SMILES string of the molecule is COc1ccc(Br)cc1-c1nc(COc2ccc([N+](=O)[O-])cc2F)cs1. The molecule has 0 spiro atoms. The van der Waals surface area contributed by atoms with E-state index >= 15 is 0 Å². The first-order valence-electron chi connectivity index (χ1n) is 7.33. The van der Waals surface area contributed by atoms with E-state index in [0.29, 0.717) is 11.4 Å². The van der Waals surface area contributed by atoms with Gasteiger partial charge in [0, 0.05) is 15.9 Å². The van der Waals surface area contributed by atoms with Crippen LogP contribution in [0.1, 0.15) is 5.69 Å². The fourth-order valence-electron chi connectivity index (χ4n) is 2.22. The summed E-state index contributed by atoms with van der Waals surface area (Å²) in [6.45, 7) is 0.0432. The van der Waals surface area contributed by atoms with E-state index in [-0.39, 0.29) is 18.0 Å². The number of nitro groups is 1. The third kappa shape index (κ3) is 4.00. The van der Waals surface area contributed by atoms with Gasteiger partial charge in [0.1, 0.15) is 17.4 Å². The molecule has 0 aliphatic heterocycles. The monoisotopic (exact) mass is 438 g/mol. The van der Waals surface area contributed by atoms with Gasteiger partial charge in [0.05, 0.1) is 29.4 Å². The molecule has 0 radical (unpaired) electrons.